The van der Waals surface area contributed by atoms with E-state index in [9.17, 15) is 31.1 Å². The molecule has 0 aromatic heterocycles. The molecule has 248 valence electrons. The SMILES string of the molecule is C=CCN(CC=C)CCN1CCN(C2=NC(=O)/C(=C\c3ccc(OCc4ccc(C(F)(F)F)cc4C(F)(F)F)c(OC)c3)S2)CC1. The van der Waals surface area contributed by atoms with E-state index in [0.29, 0.717) is 21.7 Å². The quantitative estimate of drug-likeness (QED) is 0.144. The van der Waals surface area contributed by atoms with E-state index in [4.69, 9.17) is 9.47 Å². The van der Waals surface area contributed by atoms with Crippen LogP contribution in [0, 0.1) is 0 Å². The van der Waals surface area contributed by atoms with Crippen molar-refractivity contribution in [2.75, 3.05) is 59.5 Å². The van der Waals surface area contributed by atoms with E-state index in [0.717, 1.165) is 58.4 Å². The number of methoxy groups -OCH3 is 1. The molecule has 2 heterocycles. The van der Waals surface area contributed by atoms with Gasteiger partial charge in [0.1, 0.15) is 6.61 Å². The standard InChI is InChI=1S/C32H34F6N4O3S/c1-4-10-40(11-5-2)12-13-41-14-16-42(17-15-41)30-39-29(43)28(46-30)19-22-6-9-26(27(18-22)44-3)45-21-23-7-8-24(31(33,34)35)20-25(23)32(36,37)38/h4-9,18-20H,1-2,10-17,21H2,3H3/b28-19+. The number of hydrogen-bond donors (Lipinski definition) is 0. The lowest BCUT2D eigenvalue weighted by molar-refractivity contribution is -0.143. The van der Waals surface area contributed by atoms with Crippen LogP contribution in [0.5, 0.6) is 11.5 Å². The van der Waals surface area contributed by atoms with Crippen molar-refractivity contribution in [2.45, 2.75) is 19.0 Å². The Hall–Kier alpha value is -3.75. The summed E-state index contributed by atoms with van der Waals surface area (Å²) in [6, 6.07) is 6.00. The summed E-state index contributed by atoms with van der Waals surface area (Å²) >= 11 is 1.26. The van der Waals surface area contributed by atoms with Crippen LogP contribution in [0.1, 0.15) is 22.3 Å². The van der Waals surface area contributed by atoms with Crippen molar-refractivity contribution < 1.29 is 40.6 Å². The van der Waals surface area contributed by atoms with E-state index < -0.39 is 35.6 Å². The molecule has 4 rings (SSSR count). The third-order valence-electron chi connectivity index (χ3n) is 7.37. The molecule has 7 nitrogen and oxygen atoms in total. The number of ether oxygens (including phenoxy) is 2. The molecule has 0 radical (unpaired) electrons. The number of aliphatic imine (C=N–C) groups is 1. The summed E-state index contributed by atoms with van der Waals surface area (Å²) in [5, 5.41) is 0.625. The molecule has 2 aliphatic rings. The van der Waals surface area contributed by atoms with Crippen LogP contribution in [-0.2, 0) is 23.8 Å². The molecule has 46 heavy (non-hydrogen) atoms. The third-order valence-corrected chi connectivity index (χ3v) is 8.41. The van der Waals surface area contributed by atoms with Gasteiger partial charge in [-0.25, -0.2) is 0 Å². The second-order valence-electron chi connectivity index (χ2n) is 10.5. The number of benzene rings is 2. The lowest BCUT2D eigenvalue weighted by atomic mass is 10.0. The number of thioether (sulfide) groups is 1. The topological polar surface area (TPSA) is 57.6 Å². The van der Waals surface area contributed by atoms with E-state index >= 15 is 0 Å². The van der Waals surface area contributed by atoms with Gasteiger partial charge in [-0.3, -0.25) is 14.6 Å². The molecule has 2 aromatic carbocycles. The van der Waals surface area contributed by atoms with Gasteiger partial charge in [0.2, 0.25) is 0 Å². The molecule has 0 saturated carbocycles. The Morgan fingerprint density at radius 1 is 0.957 bits per heavy atom. The number of amides is 1. The monoisotopic (exact) mass is 668 g/mol. The second kappa shape index (κ2) is 15.2. The Balaban J connectivity index is 1.37. The van der Waals surface area contributed by atoms with Crippen LogP contribution >= 0.6 is 11.8 Å². The highest BCUT2D eigenvalue weighted by Gasteiger charge is 2.38. The van der Waals surface area contributed by atoms with Gasteiger partial charge < -0.3 is 14.4 Å². The van der Waals surface area contributed by atoms with Gasteiger partial charge in [-0.1, -0.05) is 24.3 Å². The first-order valence-corrected chi connectivity index (χ1v) is 15.2. The first kappa shape index (κ1) is 35.1. The highest BCUT2D eigenvalue weighted by Crippen LogP contribution is 2.39. The average molecular weight is 669 g/mol. The van der Waals surface area contributed by atoms with E-state index in [1.807, 2.05) is 12.2 Å². The van der Waals surface area contributed by atoms with Crippen LogP contribution in [0.25, 0.3) is 6.08 Å². The van der Waals surface area contributed by atoms with Crippen LogP contribution in [-0.4, -0.2) is 85.2 Å². The average Bonchev–Trinajstić information content (AvgIpc) is 3.38. The molecule has 1 fully saturated rings. The van der Waals surface area contributed by atoms with Crippen molar-refractivity contribution >= 4 is 28.9 Å². The predicted octanol–water partition coefficient (Wildman–Crippen LogP) is 6.57. The summed E-state index contributed by atoms with van der Waals surface area (Å²) in [5.41, 5.74) is -2.74. The number of rotatable bonds is 12. The van der Waals surface area contributed by atoms with Crippen molar-refractivity contribution in [3.63, 3.8) is 0 Å². The summed E-state index contributed by atoms with van der Waals surface area (Å²) in [7, 11) is 1.34. The van der Waals surface area contributed by atoms with Crippen molar-refractivity contribution in [3.8, 4) is 11.5 Å². The van der Waals surface area contributed by atoms with E-state index in [1.165, 1.54) is 24.9 Å². The van der Waals surface area contributed by atoms with Crippen molar-refractivity contribution in [2.24, 2.45) is 4.99 Å². The number of hydrogen-bond acceptors (Lipinski definition) is 7. The number of carbonyl (C=O) groups excluding carboxylic acids is 1. The minimum Gasteiger partial charge on any atom is -0.493 e. The van der Waals surface area contributed by atoms with Crippen LogP contribution in [0.3, 0.4) is 0 Å². The van der Waals surface area contributed by atoms with Crippen molar-refractivity contribution in [1.29, 1.82) is 0 Å². The van der Waals surface area contributed by atoms with Crippen LogP contribution < -0.4 is 9.47 Å². The van der Waals surface area contributed by atoms with E-state index in [-0.39, 0.29) is 23.5 Å². The number of carbonyl (C=O) groups is 1. The first-order valence-electron chi connectivity index (χ1n) is 14.3. The Morgan fingerprint density at radius 2 is 1.65 bits per heavy atom. The Morgan fingerprint density at radius 3 is 2.26 bits per heavy atom. The summed E-state index contributed by atoms with van der Waals surface area (Å²) in [6.07, 6.45) is -4.55. The zero-order chi connectivity index (χ0) is 33.5. The molecule has 1 amide bonds. The van der Waals surface area contributed by atoms with Crippen LogP contribution in [0.15, 0.2) is 71.6 Å². The van der Waals surface area contributed by atoms with Crippen molar-refractivity contribution in [3.05, 3.63) is 88.9 Å². The molecular weight excluding hydrogens is 634 g/mol. The maximum atomic E-state index is 13.5. The van der Waals surface area contributed by atoms with Gasteiger partial charge in [-0.2, -0.15) is 31.3 Å². The first-order chi connectivity index (χ1) is 21.8. The molecule has 2 aromatic rings. The molecule has 1 saturated heterocycles. The zero-order valence-electron chi connectivity index (χ0n) is 25.2. The number of amidine groups is 1. The van der Waals surface area contributed by atoms with Gasteiger partial charge in [-0.05, 0) is 47.7 Å². The zero-order valence-corrected chi connectivity index (χ0v) is 26.0. The normalized spacial score (nSPS) is 17.0. The van der Waals surface area contributed by atoms with E-state index in [1.54, 1.807) is 18.2 Å². The Bertz CT molecular complexity index is 1470. The van der Waals surface area contributed by atoms with Gasteiger partial charge >= 0.3 is 12.4 Å². The lowest BCUT2D eigenvalue weighted by Crippen LogP contribution is -2.49. The molecule has 0 atom stereocenters. The highest BCUT2D eigenvalue weighted by atomic mass is 32.2. The maximum absolute atomic E-state index is 13.5. The highest BCUT2D eigenvalue weighted by molar-refractivity contribution is 8.18. The van der Waals surface area contributed by atoms with Crippen LogP contribution in [0.2, 0.25) is 0 Å². The number of alkyl halides is 6. The molecular formula is C32H34F6N4O3S. The third kappa shape index (κ3) is 9.17. The fourth-order valence-electron chi connectivity index (χ4n) is 4.94. The second-order valence-corrected chi connectivity index (χ2v) is 11.6. The molecule has 0 N–H and O–H groups in total. The number of piperazine rings is 1. The minimum absolute atomic E-state index is 0.0708. The molecule has 0 spiro atoms. The van der Waals surface area contributed by atoms with Gasteiger partial charge in [0.25, 0.3) is 5.91 Å². The Labute approximate surface area is 267 Å². The summed E-state index contributed by atoms with van der Waals surface area (Å²) in [4.78, 5) is 24.1. The smallest absolute Gasteiger partial charge is 0.416 e. The summed E-state index contributed by atoms with van der Waals surface area (Å²) < 4.78 is 90.5. The van der Waals surface area contributed by atoms with E-state index in [2.05, 4.69) is 32.9 Å². The fourth-order valence-corrected chi connectivity index (χ4v) is 5.91. The Kier molecular flexibility index (Phi) is 11.6. The number of halogens is 6. The molecule has 0 bridgehead atoms. The summed E-state index contributed by atoms with van der Waals surface area (Å²) in [6.45, 7) is 13.5. The number of nitrogens with zero attached hydrogens (tertiary/aromatic N) is 4. The predicted molar refractivity (Wildman–Crippen MR) is 167 cm³/mol. The van der Waals surface area contributed by atoms with Gasteiger partial charge in [0.05, 0.1) is 23.1 Å². The van der Waals surface area contributed by atoms with Crippen molar-refractivity contribution in [1.82, 2.24) is 14.7 Å². The largest absolute Gasteiger partial charge is 0.493 e. The molecule has 0 unspecified atom stereocenters. The maximum Gasteiger partial charge on any atom is 0.416 e. The van der Waals surface area contributed by atoms with Gasteiger partial charge in [-0.15, -0.1) is 13.2 Å². The molecule has 2 aliphatic heterocycles. The fraction of sp³-hybridized carbons (Fsp3) is 0.375. The lowest BCUT2D eigenvalue weighted by Gasteiger charge is -2.36. The molecule has 14 heteroatoms. The minimum atomic E-state index is -5.02. The van der Waals surface area contributed by atoms with Gasteiger partial charge in [0.15, 0.2) is 16.7 Å². The summed E-state index contributed by atoms with van der Waals surface area (Å²) in [5.74, 6) is -0.134. The molecule has 0 aliphatic carbocycles. The van der Waals surface area contributed by atoms with Gasteiger partial charge in [0, 0.05) is 57.9 Å². The van der Waals surface area contributed by atoms with Crippen LogP contribution in [0.4, 0.5) is 26.3 Å².